The number of rotatable bonds is 4. The highest BCUT2D eigenvalue weighted by atomic mass is 35.5. The molecule has 0 amide bonds. The van der Waals surface area contributed by atoms with Gasteiger partial charge >= 0.3 is 5.97 Å². The molecule has 1 N–H and O–H groups in total. The fraction of sp³-hybridized carbons (Fsp3) is 0.154. The molecule has 0 aliphatic heterocycles. The number of esters is 1. The summed E-state index contributed by atoms with van der Waals surface area (Å²) < 4.78 is 4.66. The maximum absolute atomic E-state index is 11.6. The summed E-state index contributed by atoms with van der Waals surface area (Å²) in [4.78, 5) is 19.4. The van der Waals surface area contributed by atoms with E-state index in [2.05, 4.69) is 20.0 Å². The van der Waals surface area contributed by atoms with Crippen molar-refractivity contribution in [1.29, 1.82) is 0 Å². The van der Waals surface area contributed by atoms with Gasteiger partial charge < -0.3 is 10.1 Å². The van der Waals surface area contributed by atoms with Gasteiger partial charge in [-0.3, -0.25) is 0 Å². The molecule has 110 valence electrons. The van der Waals surface area contributed by atoms with Crippen LogP contribution in [0.4, 0.5) is 5.82 Å². The standard InChI is InChI=1S/C13H10Cl3N3O2/c1-21-12(20)9-6-18-13(16)19-11(9)17-5-7-2-3-8(14)4-10(7)15/h2-4,6H,5H2,1H3,(H,17,18,19). The first-order valence-electron chi connectivity index (χ1n) is 5.80. The van der Waals surface area contributed by atoms with Crippen LogP contribution in [0.5, 0.6) is 0 Å². The number of hydrogen-bond acceptors (Lipinski definition) is 5. The second-order valence-electron chi connectivity index (χ2n) is 3.98. The van der Waals surface area contributed by atoms with Crippen molar-refractivity contribution in [1.82, 2.24) is 9.97 Å². The van der Waals surface area contributed by atoms with Crippen molar-refractivity contribution in [3.8, 4) is 0 Å². The van der Waals surface area contributed by atoms with Crippen molar-refractivity contribution in [2.24, 2.45) is 0 Å². The number of anilines is 1. The van der Waals surface area contributed by atoms with Gasteiger partial charge in [-0.05, 0) is 29.3 Å². The summed E-state index contributed by atoms with van der Waals surface area (Å²) in [6.07, 6.45) is 1.30. The normalized spacial score (nSPS) is 10.3. The number of benzene rings is 1. The van der Waals surface area contributed by atoms with Crippen LogP contribution < -0.4 is 5.32 Å². The molecule has 0 bridgehead atoms. The zero-order valence-corrected chi connectivity index (χ0v) is 13.1. The minimum Gasteiger partial charge on any atom is -0.465 e. The Kier molecular flexibility index (Phi) is 5.22. The second-order valence-corrected chi connectivity index (χ2v) is 5.16. The van der Waals surface area contributed by atoms with Crippen molar-refractivity contribution in [2.45, 2.75) is 6.54 Å². The Morgan fingerprint density at radius 2 is 2.10 bits per heavy atom. The fourth-order valence-electron chi connectivity index (χ4n) is 1.60. The van der Waals surface area contributed by atoms with Crippen LogP contribution in [0.1, 0.15) is 15.9 Å². The largest absolute Gasteiger partial charge is 0.465 e. The lowest BCUT2D eigenvalue weighted by Crippen LogP contribution is -2.11. The number of hydrogen-bond donors (Lipinski definition) is 1. The Balaban J connectivity index is 2.23. The Bertz CT molecular complexity index is 680. The van der Waals surface area contributed by atoms with E-state index in [9.17, 15) is 4.79 Å². The van der Waals surface area contributed by atoms with E-state index >= 15 is 0 Å². The Morgan fingerprint density at radius 1 is 1.33 bits per heavy atom. The van der Waals surface area contributed by atoms with Crippen molar-refractivity contribution < 1.29 is 9.53 Å². The Morgan fingerprint density at radius 3 is 2.76 bits per heavy atom. The zero-order chi connectivity index (χ0) is 15.4. The monoisotopic (exact) mass is 345 g/mol. The average Bonchev–Trinajstić information content (AvgIpc) is 2.45. The van der Waals surface area contributed by atoms with E-state index < -0.39 is 5.97 Å². The van der Waals surface area contributed by atoms with E-state index in [-0.39, 0.29) is 16.7 Å². The third-order valence-corrected chi connectivity index (χ3v) is 3.40. The summed E-state index contributed by atoms with van der Waals surface area (Å²) in [7, 11) is 1.27. The number of nitrogens with one attached hydrogen (secondary N) is 1. The lowest BCUT2D eigenvalue weighted by molar-refractivity contribution is 0.0601. The smallest absolute Gasteiger partial charge is 0.343 e. The minimum atomic E-state index is -0.559. The van der Waals surface area contributed by atoms with Gasteiger partial charge in [0.05, 0.1) is 7.11 Å². The molecule has 8 heteroatoms. The lowest BCUT2D eigenvalue weighted by atomic mass is 10.2. The number of nitrogens with zero attached hydrogens (tertiary/aromatic N) is 2. The van der Waals surface area contributed by atoms with Crippen LogP contribution >= 0.6 is 34.8 Å². The number of ether oxygens (including phenoxy) is 1. The number of carbonyl (C=O) groups excluding carboxylic acids is 1. The molecule has 0 atom stereocenters. The zero-order valence-electron chi connectivity index (χ0n) is 10.9. The minimum absolute atomic E-state index is 0.0207. The molecule has 0 radical (unpaired) electrons. The van der Waals surface area contributed by atoms with E-state index in [1.165, 1.54) is 13.3 Å². The van der Waals surface area contributed by atoms with Gasteiger partial charge in [0.1, 0.15) is 11.4 Å². The highest BCUT2D eigenvalue weighted by Gasteiger charge is 2.15. The highest BCUT2D eigenvalue weighted by Crippen LogP contribution is 2.23. The van der Waals surface area contributed by atoms with Crippen molar-refractivity contribution in [2.75, 3.05) is 12.4 Å². The highest BCUT2D eigenvalue weighted by molar-refractivity contribution is 6.35. The molecule has 1 heterocycles. The first kappa shape index (κ1) is 15.8. The van der Waals surface area contributed by atoms with Crippen LogP contribution in [0.3, 0.4) is 0 Å². The molecule has 0 spiro atoms. The van der Waals surface area contributed by atoms with Gasteiger partial charge in [-0.2, -0.15) is 4.98 Å². The number of aromatic nitrogens is 2. The van der Waals surface area contributed by atoms with Crippen LogP contribution in [-0.4, -0.2) is 23.0 Å². The summed E-state index contributed by atoms with van der Waals surface area (Å²) in [5, 5.41) is 4.06. The van der Waals surface area contributed by atoms with Gasteiger partial charge in [-0.15, -0.1) is 0 Å². The van der Waals surface area contributed by atoms with Crippen LogP contribution in [-0.2, 0) is 11.3 Å². The third kappa shape index (κ3) is 3.97. The number of methoxy groups -OCH3 is 1. The quantitative estimate of drug-likeness (QED) is 0.673. The SMILES string of the molecule is COC(=O)c1cnc(Cl)nc1NCc1ccc(Cl)cc1Cl. The van der Waals surface area contributed by atoms with Gasteiger partial charge in [0, 0.05) is 22.8 Å². The molecule has 0 unspecified atom stereocenters. The van der Waals surface area contributed by atoms with Crippen molar-refractivity contribution >= 4 is 46.6 Å². The summed E-state index contributed by atoms with van der Waals surface area (Å²) in [5.74, 6) is -0.288. The summed E-state index contributed by atoms with van der Waals surface area (Å²) in [6.45, 7) is 0.341. The molecule has 1 aromatic heterocycles. The second kappa shape index (κ2) is 6.93. The van der Waals surface area contributed by atoms with Crippen molar-refractivity contribution in [3.05, 3.63) is 50.9 Å². The van der Waals surface area contributed by atoms with E-state index in [1.54, 1.807) is 18.2 Å². The molecular formula is C13H10Cl3N3O2. The molecule has 2 aromatic rings. The summed E-state index contributed by atoms with van der Waals surface area (Å²) in [6, 6.07) is 5.13. The average molecular weight is 347 g/mol. The maximum atomic E-state index is 11.6. The van der Waals surface area contributed by atoms with E-state index in [4.69, 9.17) is 34.8 Å². The molecule has 0 fully saturated rings. The molecule has 0 aliphatic rings. The topological polar surface area (TPSA) is 64.1 Å². The summed E-state index contributed by atoms with van der Waals surface area (Å²) in [5.41, 5.74) is 0.985. The van der Waals surface area contributed by atoms with Gasteiger partial charge in [-0.1, -0.05) is 29.3 Å². The molecule has 2 rings (SSSR count). The van der Waals surface area contributed by atoms with E-state index in [0.29, 0.717) is 16.6 Å². The van der Waals surface area contributed by atoms with Gasteiger partial charge in [-0.25, -0.2) is 9.78 Å². The van der Waals surface area contributed by atoms with Crippen LogP contribution in [0.15, 0.2) is 24.4 Å². The Hall–Kier alpha value is -1.56. The first-order chi connectivity index (χ1) is 10.0. The van der Waals surface area contributed by atoms with Gasteiger partial charge in [0.2, 0.25) is 5.28 Å². The molecule has 0 saturated heterocycles. The molecule has 21 heavy (non-hydrogen) atoms. The molecule has 0 aliphatic carbocycles. The number of carbonyl (C=O) groups is 1. The summed E-state index contributed by atoms with van der Waals surface area (Å²) >= 11 is 17.7. The predicted molar refractivity (Wildman–Crippen MR) is 82.2 cm³/mol. The molecule has 5 nitrogen and oxygen atoms in total. The lowest BCUT2D eigenvalue weighted by Gasteiger charge is -2.10. The first-order valence-corrected chi connectivity index (χ1v) is 6.93. The van der Waals surface area contributed by atoms with E-state index in [0.717, 1.165) is 5.56 Å². The molecular weight excluding hydrogens is 337 g/mol. The van der Waals surface area contributed by atoms with Gasteiger partial charge in [0.25, 0.3) is 0 Å². The molecule has 0 saturated carbocycles. The van der Waals surface area contributed by atoms with Crippen LogP contribution in [0, 0.1) is 0 Å². The fourth-order valence-corrected chi connectivity index (χ4v) is 2.21. The predicted octanol–water partition coefficient (Wildman–Crippen LogP) is 3.84. The molecule has 1 aromatic carbocycles. The van der Waals surface area contributed by atoms with Crippen LogP contribution in [0.2, 0.25) is 15.3 Å². The van der Waals surface area contributed by atoms with E-state index in [1.807, 2.05) is 0 Å². The number of halogens is 3. The van der Waals surface area contributed by atoms with Crippen LogP contribution in [0.25, 0.3) is 0 Å². The van der Waals surface area contributed by atoms with Crippen molar-refractivity contribution in [3.63, 3.8) is 0 Å². The third-order valence-electron chi connectivity index (χ3n) is 2.63. The maximum Gasteiger partial charge on any atom is 0.343 e. The van der Waals surface area contributed by atoms with Gasteiger partial charge in [0.15, 0.2) is 0 Å². The Labute approximate surface area is 136 Å².